The van der Waals surface area contributed by atoms with Gasteiger partial charge in [0.05, 0.1) is 28.5 Å². The van der Waals surface area contributed by atoms with Crippen molar-refractivity contribution in [2.24, 2.45) is 10.9 Å². The standard InChI is InChI=1S/C28H35N5OS/c1-21-11-15-33(16-12-21)22(2)26-17-25(30-20-32-13-7-4-8-14-32)27(35-26)28(34)31(3)19-24-10-6-5-9-23(24)18-29/h5-6,9-10,17,20-21H,2,4,7-8,11-16,19H2,1,3H3/b30-20+. The number of carbonyl (C=O) groups excluding carboxylic acids is 1. The van der Waals surface area contributed by atoms with Crippen LogP contribution < -0.4 is 0 Å². The first kappa shape index (κ1) is 25.0. The van der Waals surface area contributed by atoms with Crippen LogP contribution >= 0.6 is 11.3 Å². The Morgan fingerprint density at radius 1 is 1.23 bits per heavy atom. The predicted octanol–water partition coefficient (Wildman–Crippen LogP) is 5.74. The van der Waals surface area contributed by atoms with Crippen LogP contribution in [0.25, 0.3) is 5.70 Å². The van der Waals surface area contributed by atoms with Crippen molar-refractivity contribution in [3.8, 4) is 6.07 Å². The molecule has 6 nitrogen and oxygen atoms in total. The van der Waals surface area contributed by atoms with Crippen LogP contribution in [0.15, 0.2) is 41.9 Å². The smallest absolute Gasteiger partial charge is 0.266 e. The second-order valence-electron chi connectivity index (χ2n) is 9.71. The molecule has 1 aromatic heterocycles. The normalized spacial score (nSPS) is 16.9. The predicted molar refractivity (Wildman–Crippen MR) is 144 cm³/mol. The van der Waals surface area contributed by atoms with Gasteiger partial charge in [-0.05, 0) is 55.7 Å². The summed E-state index contributed by atoms with van der Waals surface area (Å²) >= 11 is 1.48. The minimum absolute atomic E-state index is 0.0835. The third-order valence-corrected chi connectivity index (χ3v) is 8.16. The summed E-state index contributed by atoms with van der Waals surface area (Å²) < 4.78 is 0. The largest absolute Gasteiger partial charge is 0.371 e. The van der Waals surface area contributed by atoms with Crippen LogP contribution in [0.1, 0.15) is 64.7 Å². The summed E-state index contributed by atoms with van der Waals surface area (Å²) in [6, 6.07) is 11.7. The topological polar surface area (TPSA) is 62.9 Å². The Bertz CT molecular complexity index is 1120. The van der Waals surface area contributed by atoms with Gasteiger partial charge in [0.1, 0.15) is 4.88 Å². The van der Waals surface area contributed by atoms with E-state index in [0.29, 0.717) is 22.7 Å². The fourth-order valence-electron chi connectivity index (χ4n) is 4.65. The lowest BCUT2D eigenvalue weighted by Gasteiger charge is -2.33. The first-order valence-electron chi connectivity index (χ1n) is 12.6. The molecule has 2 aromatic rings. The second kappa shape index (κ2) is 11.5. The van der Waals surface area contributed by atoms with Crippen LogP contribution in [-0.2, 0) is 6.54 Å². The SMILES string of the molecule is C=C(c1cc(/N=C/N2CCCCC2)c(C(=O)N(C)Cc2ccccc2C#N)s1)N1CCC(C)CC1. The van der Waals surface area contributed by atoms with Crippen molar-refractivity contribution in [1.82, 2.24) is 14.7 Å². The Kier molecular flexibility index (Phi) is 8.25. The molecular weight excluding hydrogens is 454 g/mol. The van der Waals surface area contributed by atoms with Gasteiger partial charge in [-0.2, -0.15) is 5.26 Å². The zero-order valence-electron chi connectivity index (χ0n) is 20.9. The lowest BCUT2D eigenvalue weighted by molar-refractivity contribution is 0.0790. The van der Waals surface area contributed by atoms with Gasteiger partial charge in [-0.25, -0.2) is 4.99 Å². The molecule has 2 fully saturated rings. The average molecular weight is 490 g/mol. The van der Waals surface area contributed by atoms with E-state index in [4.69, 9.17) is 4.99 Å². The molecule has 0 aliphatic carbocycles. The van der Waals surface area contributed by atoms with Crippen molar-refractivity contribution in [2.75, 3.05) is 33.2 Å². The summed E-state index contributed by atoms with van der Waals surface area (Å²) in [6.45, 7) is 11.1. The molecular formula is C28H35N5OS. The third-order valence-electron chi connectivity index (χ3n) is 7.00. The van der Waals surface area contributed by atoms with Gasteiger partial charge in [-0.15, -0.1) is 11.3 Å². The van der Waals surface area contributed by atoms with Crippen LogP contribution in [0.3, 0.4) is 0 Å². The summed E-state index contributed by atoms with van der Waals surface area (Å²) in [5, 5.41) is 9.44. The first-order chi connectivity index (χ1) is 17.0. The van der Waals surface area contributed by atoms with E-state index in [1.807, 2.05) is 30.6 Å². The van der Waals surface area contributed by atoms with Gasteiger partial charge in [0, 0.05) is 45.5 Å². The molecule has 0 saturated carbocycles. The fraction of sp³-hybridized carbons (Fsp3) is 0.464. The number of rotatable bonds is 7. The van der Waals surface area contributed by atoms with Crippen LogP contribution in [0, 0.1) is 17.2 Å². The van der Waals surface area contributed by atoms with E-state index < -0.39 is 0 Å². The summed E-state index contributed by atoms with van der Waals surface area (Å²) in [5.41, 5.74) is 3.11. The van der Waals surface area contributed by atoms with Gasteiger partial charge in [-0.1, -0.05) is 31.7 Å². The number of carbonyl (C=O) groups is 1. The molecule has 3 heterocycles. The fourth-order valence-corrected chi connectivity index (χ4v) is 5.75. The highest BCUT2D eigenvalue weighted by Gasteiger charge is 2.24. The van der Waals surface area contributed by atoms with Crippen LogP contribution in [0.4, 0.5) is 5.69 Å². The Labute approximate surface area is 213 Å². The first-order valence-corrected chi connectivity index (χ1v) is 13.4. The molecule has 2 aliphatic heterocycles. The maximum absolute atomic E-state index is 13.6. The molecule has 0 atom stereocenters. The maximum atomic E-state index is 13.6. The highest BCUT2D eigenvalue weighted by Crippen LogP contribution is 2.37. The lowest BCUT2D eigenvalue weighted by Crippen LogP contribution is -2.30. The van der Waals surface area contributed by atoms with E-state index in [-0.39, 0.29) is 5.91 Å². The Balaban J connectivity index is 1.58. The highest BCUT2D eigenvalue weighted by molar-refractivity contribution is 7.15. The van der Waals surface area contributed by atoms with Gasteiger partial charge in [0.2, 0.25) is 0 Å². The number of nitrogens with zero attached hydrogens (tertiary/aromatic N) is 5. The van der Waals surface area contributed by atoms with Gasteiger partial charge in [-0.3, -0.25) is 4.79 Å². The van der Waals surface area contributed by atoms with Crippen molar-refractivity contribution in [3.05, 3.63) is 57.8 Å². The van der Waals surface area contributed by atoms with E-state index in [2.05, 4.69) is 29.4 Å². The minimum Gasteiger partial charge on any atom is -0.371 e. The van der Waals surface area contributed by atoms with Crippen LogP contribution in [-0.4, -0.2) is 60.2 Å². The third kappa shape index (κ3) is 6.12. The molecule has 1 amide bonds. The minimum atomic E-state index is -0.0835. The zero-order valence-corrected chi connectivity index (χ0v) is 21.7. The summed E-state index contributed by atoms with van der Waals surface area (Å²) in [4.78, 5) is 26.3. The Morgan fingerprint density at radius 2 is 1.94 bits per heavy atom. The van der Waals surface area contributed by atoms with E-state index in [1.165, 1.54) is 30.6 Å². The van der Waals surface area contributed by atoms with Gasteiger partial charge < -0.3 is 14.7 Å². The molecule has 0 unspecified atom stereocenters. The number of hydrogen-bond acceptors (Lipinski definition) is 5. The Hall–Kier alpha value is -3.11. The van der Waals surface area contributed by atoms with Gasteiger partial charge >= 0.3 is 0 Å². The lowest BCUT2D eigenvalue weighted by atomic mass is 9.99. The molecule has 184 valence electrons. The molecule has 4 rings (SSSR count). The quantitative estimate of drug-likeness (QED) is 0.367. The van der Waals surface area contributed by atoms with Crippen molar-refractivity contribution < 1.29 is 4.79 Å². The molecule has 7 heteroatoms. The number of hydrogen-bond donors (Lipinski definition) is 0. The second-order valence-corrected chi connectivity index (χ2v) is 10.8. The summed E-state index contributed by atoms with van der Waals surface area (Å²) in [7, 11) is 1.79. The maximum Gasteiger partial charge on any atom is 0.266 e. The van der Waals surface area contributed by atoms with E-state index in [9.17, 15) is 10.1 Å². The molecule has 0 bridgehead atoms. The zero-order chi connectivity index (χ0) is 24.8. The number of amides is 1. The molecule has 0 N–H and O–H groups in total. The summed E-state index contributed by atoms with van der Waals surface area (Å²) in [6.07, 6.45) is 7.85. The molecule has 2 saturated heterocycles. The molecule has 1 aromatic carbocycles. The van der Waals surface area contributed by atoms with Crippen molar-refractivity contribution in [2.45, 2.75) is 45.6 Å². The van der Waals surface area contributed by atoms with E-state index >= 15 is 0 Å². The van der Waals surface area contributed by atoms with Crippen molar-refractivity contribution >= 4 is 35.0 Å². The van der Waals surface area contributed by atoms with Gasteiger partial charge in [0.15, 0.2) is 0 Å². The molecule has 35 heavy (non-hydrogen) atoms. The Morgan fingerprint density at radius 3 is 2.66 bits per heavy atom. The number of piperidine rings is 2. The monoisotopic (exact) mass is 489 g/mol. The van der Waals surface area contributed by atoms with Crippen molar-refractivity contribution in [1.29, 1.82) is 5.26 Å². The molecule has 0 radical (unpaired) electrons. The summed E-state index contributed by atoms with van der Waals surface area (Å²) in [5.74, 6) is 0.661. The molecule has 2 aliphatic rings. The van der Waals surface area contributed by atoms with E-state index in [1.54, 1.807) is 18.0 Å². The van der Waals surface area contributed by atoms with Crippen LogP contribution in [0.5, 0.6) is 0 Å². The molecule has 0 spiro atoms. The van der Waals surface area contributed by atoms with Crippen LogP contribution in [0.2, 0.25) is 0 Å². The number of benzene rings is 1. The van der Waals surface area contributed by atoms with Crippen molar-refractivity contribution in [3.63, 3.8) is 0 Å². The number of likely N-dealkylation sites (tertiary alicyclic amines) is 2. The van der Waals surface area contributed by atoms with E-state index in [0.717, 1.165) is 61.1 Å². The highest BCUT2D eigenvalue weighted by atomic mass is 32.1. The number of thiophene rings is 1. The number of aliphatic imine (C=N–C) groups is 1. The number of nitriles is 1. The average Bonchev–Trinajstić information content (AvgIpc) is 3.32. The van der Waals surface area contributed by atoms with Gasteiger partial charge in [0.25, 0.3) is 5.91 Å².